The van der Waals surface area contributed by atoms with Crippen LogP contribution in [0.5, 0.6) is 0 Å². The number of ether oxygens (including phenoxy) is 1. The van der Waals surface area contributed by atoms with Crippen molar-refractivity contribution in [1.29, 1.82) is 0 Å². The minimum atomic E-state index is -0.575. The van der Waals surface area contributed by atoms with Gasteiger partial charge in [-0.1, -0.05) is 31.7 Å². The average molecular weight is 439 g/mol. The van der Waals surface area contributed by atoms with Crippen LogP contribution in [0, 0.1) is 0 Å². The van der Waals surface area contributed by atoms with E-state index in [1.165, 1.54) is 11.3 Å². The van der Waals surface area contributed by atoms with Crippen LogP contribution in [0.25, 0.3) is 0 Å². The molecule has 1 aliphatic carbocycles. The Morgan fingerprint density at radius 1 is 1.03 bits per heavy atom. The maximum atomic E-state index is 12.4. The Balaban J connectivity index is 1.78. The van der Waals surface area contributed by atoms with Crippen LogP contribution in [0.4, 0.5) is 9.59 Å². The molecule has 0 atom stereocenters. The van der Waals surface area contributed by atoms with Gasteiger partial charge in [0.2, 0.25) is 0 Å². The Morgan fingerprint density at radius 2 is 1.70 bits per heavy atom. The number of hydrogen-bond acceptors (Lipinski definition) is 5. The second-order valence-corrected chi connectivity index (χ2v) is 9.61. The first-order valence-electron chi connectivity index (χ1n) is 10.5. The van der Waals surface area contributed by atoms with Crippen LogP contribution in [-0.4, -0.2) is 48.8 Å². The molecule has 0 saturated heterocycles. The van der Waals surface area contributed by atoms with Gasteiger partial charge in [0.15, 0.2) is 0 Å². The molecule has 0 aromatic carbocycles. The van der Waals surface area contributed by atoms with E-state index in [1.807, 2.05) is 32.2 Å². The van der Waals surface area contributed by atoms with Gasteiger partial charge >= 0.3 is 12.1 Å². The van der Waals surface area contributed by atoms with Crippen LogP contribution >= 0.6 is 11.3 Å². The van der Waals surface area contributed by atoms with E-state index in [-0.39, 0.29) is 11.9 Å². The molecule has 1 aliphatic rings. The maximum absolute atomic E-state index is 12.4. The smallest absolute Gasteiger partial charge is 0.408 e. The van der Waals surface area contributed by atoms with Crippen molar-refractivity contribution in [3.05, 3.63) is 22.4 Å². The second-order valence-electron chi connectivity index (χ2n) is 8.66. The maximum Gasteiger partial charge on any atom is 0.408 e. The van der Waals surface area contributed by atoms with E-state index < -0.39 is 17.2 Å². The molecule has 4 amide bonds. The van der Waals surface area contributed by atoms with E-state index in [2.05, 4.69) is 21.3 Å². The van der Waals surface area contributed by atoms with Crippen molar-refractivity contribution in [2.75, 3.05) is 19.6 Å². The summed E-state index contributed by atoms with van der Waals surface area (Å²) in [6.45, 7) is 6.47. The lowest BCUT2D eigenvalue weighted by molar-refractivity contribution is 0.0442. The van der Waals surface area contributed by atoms with Crippen LogP contribution in [-0.2, 0) is 4.74 Å². The summed E-state index contributed by atoms with van der Waals surface area (Å²) in [5, 5.41) is 13.2. The highest BCUT2D eigenvalue weighted by atomic mass is 32.1. The quantitative estimate of drug-likeness (QED) is 0.386. The molecule has 0 bridgehead atoms. The molecule has 0 unspecified atom stereocenters. The van der Waals surface area contributed by atoms with E-state index in [1.54, 1.807) is 6.07 Å². The molecule has 1 fully saturated rings. The zero-order chi connectivity index (χ0) is 22.0. The number of carbonyl (C=O) groups excluding carboxylic acids is 3. The van der Waals surface area contributed by atoms with E-state index in [9.17, 15) is 14.4 Å². The van der Waals surface area contributed by atoms with Crippen LogP contribution in [0.2, 0.25) is 0 Å². The number of nitrogens with one attached hydrogen (secondary N) is 4. The number of carbonyl (C=O) groups is 3. The van der Waals surface area contributed by atoms with Gasteiger partial charge in [-0.3, -0.25) is 4.79 Å². The van der Waals surface area contributed by atoms with Crippen LogP contribution in [0.1, 0.15) is 69.0 Å². The van der Waals surface area contributed by atoms with E-state index in [0.29, 0.717) is 24.5 Å². The fourth-order valence-corrected chi connectivity index (χ4v) is 4.07. The first kappa shape index (κ1) is 24.0. The van der Waals surface area contributed by atoms with Gasteiger partial charge in [0.25, 0.3) is 5.91 Å². The molecule has 4 N–H and O–H groups in total. The van der Waals surface area contributed by atoms with Gasteiger partial charge in [-0.25, -0.2) is 9.59 Å². The molecular weight excluding hydrogens is 404 g/mol. The highest BCUT2D eigenvalue weighted by Gasteiger charge is 2.34. The summed E-state index contributed by atoms with van der Waals surface area (Å²) in [4.78, 5) is 37.1. The number of alkyl carbamates (subject to hydrolysis) is 1. The van der Waals surface area contributed by atoms with Crippen molar-refractivity contribution in [3.63, 3.8) is 0 Å². The highest BCUT2D eigenvalue weighted by Crippen LogP contribution is 2.27. The fourth-order valence-electron chi connectivity index (χ4n) is 3.43. The van der Waals surface area contributed by atoms with Crippen LogP contribution in [0.15, 0.2) is 17.5 Å². The third kappa shape index (κ3) is 8.61. The predicted molar refractivity (Wildman–Crippen MR) is 118 cm³/mol. The zero-order valence-electron chi connectivity index (χ0n) is 18.1. The molecule has 2 rings (SSSR count). The topological polar surface area (TPSA) is 109 Å². The third-order valence-electron chi connectivity index (χ3n) is 4.86. The summed E-state index contributed by atoms with van der Waals surface area (Å²) < 4.78 is 5.43. The van der Waals surface area contributed by atoms with Crippen molar-refractivity contribution in [1.82, 2.24) is 21.3 Å². The molecule has 9 heteroatoms. The normalized spacial score (nSPS) is 16.1. The lowest BCUT2D eigenvalue weighted by atomic mass is 9.90. The van der Waals surface area contributed by atoms with Gasteiger partial charge in [0, 0.05) is 19.6 Å². The molecule has 8 nitrogen and oxygen atoms in total. The Hall–Kier alpha value is -2.29. The number of urea groups is 1. The van der Waals surface area contributed by atoms with Gasteiger partial charge in [-0.05, 0) is 45.1 Å². The second kappa shape index (κ2) is 11.2. The monoisotopic (exact) mass is 438 g/mol. The Labute approximate surface area is 182 Å². The van der Waals surface area contributed by atoms with Crippen molar-refractivity contribution in [2.45, 2.75) is 70.4 Å². The molecule has 1 saturated carbocycles. The summed E-state index contributed by atoms with van der Waals surface area (Å²) in [5.74, 6) is -0.147. The first-order chi connectivity index (χ1) is 14.2. The minimum absolute atomic E-state index is 0.147. The van der Waals surface area contributed by atoms with Gasteiger partial charge in [-0.15, -0.1) is 11.3 Å². The molecule has 0 radical (unpaired) electrons. The number of rotatable bonds is 7. The van der Waals surface area contributed by atoms with E-state index in [0.717, 1.165) is 38.5 Å². The standard InChI is InChI=1S/C21H34N4O4S/c1-20(2,3)29-19(28)25-21(10-6-4-5-7-11-21)15-24-18(27)23-13-12-22-17(26)16-9-8-14-30-16/h8-9,14H,4-7,10-13,15H2,1-3H3,(H,22,26)(H,25,28)(H2,23,24,27). The summed E-state index contributed by atoms with van der Waals surface area (Å²) in [6, 6.07) is 3.25. The predicted octanol–water partition coefficient (Wildman–Crippen LogP) is 3.39. The molecular formula is C21H34N4O4S. The molecule has 1 aromatic heterocycles. The van der Waals surface area contributed by atoms with Crippen LogP contribution in [0.3, 0.4) is 0 Å². The van der Waals surface area contributed by atoms with Crippen molar-refractivity contribution < 1.29 is 19.1 Å². The Morgan fingerprint density at radius 3 is 2.30 bits per heavy atom. The number of hydrogen-bond donors (Lipinski definition) is 4. The summed E-state index contributed by atoms with van der Waals surface area (Å²) in [7, 11) is 0. The lowest BCUT2D eigenvalue weighted by Gasteiger charge is -2.35. The summed E-state index contributed by atoms with van der Waals surface area (Å²) >= 11 is 1.37. The molecule has 0 spiro atoms. The SMILES string of the molecule is CC(C)(C)OC(=O)NC1(CNC(=O)NCCNC(=O)c2cccs2)CCCCCC1. The number of amides is 4. The Kier molecular flexibility index (Phi) is 8.95. The zero-order valence-corrected chi connectivity index (χ0v) is 19.0. The highest BCUT2D eigenvalue weighted by molar-refractivity contribution is 7.12. The first-order valence-corrected chi connectivity index (χ1v) is 11.4. The lowest BCUT2D eigenvalue weighted by Crippen LogP contribution is -2.57. The minimum Gasteiger partial charge on any atom is -0.444 e. The van der Waals surface area contributed by atoms with Crippen molar-refractivity contribution in [2.24, 2.45) is 0 Å². The molecule has 1 heterocycles. The fraction of sp³-hybridized carbons (Fsp3) is 0.667. The van der Waals surface area contributed by atoms with Crippen molar-refractivity contribution >= 4 is 29.4 Å². The molecule has 1 aromatic rings. The van der Waals surface area contributed by atoms with E-state index >= 15 is 0 Å². The van der Waals surface area contributed by atoms with Gasteiger partial charge in [-0.2, -0.15) is 0 Å². The third-order valence-corrected chi connectivity index (χ3v) is 5.72. The van der Waals surface area contributed by atoms with Gasteiger partial charge in [0.05, 0.1) is 10.4 Å². The van der Waals surface area contributed by atoms with Crippen LogP contribution < -0.4 is 21.3 Å². The van der Waals surface area contributed by atoms with Gasteiger partial charge < -0.3 is 26.0 Å². The molecule has 168 valence electrons. The molecule has 30 heavy (non-hydrogen) atoms. The van der Waals surface area contributed by atoms with E-state index in [4.69, 9.17) is 4.74 Å². The number of thiophene rings is 1. The largest absolute Gasteiger partial charge is 0.444 e. The summed E-state index contributed by atoms with van der Waals surface area (Å²) in [6.07, 6.45) is 5.36. The molecule has 0 aliphatic heterocycles. The Bertz CT molecular complexity index is 692. The van der Waals surface area contributed by atoms with Gasteiger partial charge in [0.1, 0.15) is 5.60 Å². The summed E-state index contributed by atoms with van der Waals surface area (Å²) in [5.41, 5.74) is -1.09. The average Bonchev–Trinajstić information content (AvgIpc) is 3.10. The van der Waals surface area contributed by atoms with Crippen molar-refractivity contribution in [3.8, 4) is 0 Å².